The van der Waals surface area contributed by atoms with Crippen LogP contribution in [0, 0.1) is 50.6 Å². The highest BCUT2D eigenvalue weighted by Crippen LogP contribution is 2.39. The van der Waals surface area contributed by atoms with Crippen molar-refractivity contribution < 1.29 is 29.4 Å². The van der Waals surface area contributed by atoms with Gasteiger partial charge in [-0.1, -0.05) is 164 Å². The number of nitrogens with zero attached hydrogens (tertiary/aromatic N) is 9. The van der Waals surface area contributed by atoms with Crippen LogP contribution in [0.25, 0.3) is 0 Å². The maximum Gasteiger partial charge on any atom is 0.292 e. The van der Waals surface area contributed by atoms with E-state index >= 15 is 0 Å². The van der Waals surface area contributed by atoms with E-state index in [-0.39, 0.29) is 48.1 Å². The fourth-order valence-corrected chi connectivity index (χ4v) is 11.9. The summed E-state index contributed by atoms with van der Waals surface area (Å²) in [6.45, 7) is 3.64. The third kappa shape index (κ3) is 17.4. The number of hydrogen-bond donors (Lipinski definition) is 2. The molecule has 0 spiro atoms. The second-order valence-corrected chi connectivity index (χ2v) is 22.1. The predicted octanol–water partition coefficient (Wildman–Crippen LogP) is 14.8. The quantitative estimate of drug-likeness (QED) is 0.0159. The second-order valence-electron chi connectivity index (χ2n) is 22.1. The second kappa shape index (κ2) is 33.0. The van der Waals surface area contributed by atoms with Crippen molar-refractivity contribution in [3.8, 4) is 5.75 Å². The van der Waals surface area contributed by atoms with Gasteiger partial charge in [0.15, 0.2) is 0 Å². The van der Waals surface area contributed by atoms with Crippen LogP contribution in [0.3, 0.4) is 0 Å². The molecule has 9 aromatic rings. The highest BCUT2D eigenvalue weighted by molar-refractivity contribution is 5.67. The number of nitro groups is 5. The van der Waals surface area contributed by atoms with Crippen LogP contribution >= 0.6 is 0 Å². The summed E-state index contributed by atoms with van der Waals surface area (Å²) in [5.74, 6) is 0.718. The monoisotopic (exact) mass is 1260 g/mol. The maximum atomic E-state index is 12.7. The molecule has 2 N–H and O–H groups in total. The molecule has 0 saturated heterocycles. The maximum absolute atomic E-state index is 12.7. The van der Waals surface area contributed by atoms with Crippen molar-refractivity contribution in [2.24, 2.45) is 0 Å². The molecular formula is C71H73N11O11. The van der Waals surface area contributed by atoms with Gasteiger partial charge < -0.3 is 29.7 Å². The lowest BCUT2D eigenvalue weighted by Crippen LogP contribution is -2.45. The van der Waals surface area contributed by atoms with Crippen LogP contribution in [0.15, 0.2) is 237 Å². The van der Waals surface area contributed by atoms with Gasteiger partial charge in [0, 0.05) is 89.2 Å². The molecule has 22 nitrogen and oxygen atoms in total. The first-order valence-electron chi connectivity index (χ1n) is 30.9. The molecule has 22 heteroatoms. The van der Waals surface area contributed by atoms with E-state index in [1.165, 1.54) is 30.3 Å². The molecule has 0 atom stereocenters. The Labute approximate surface area is 539 Å². The molecule has 0 fully saturated rings. The topological polar surface area (TPSA) is 262 Å². The van der Waals surface area contributed by atoms with E-state index in [1.54, 1.807) is 91.0 Å². The Morgan fingerprint density at radius 2 is 0.624 bits per heavy atom. The highest BCUT2D eigenvalue weighted by Gasteiger charge is 2.36. The summed E-state index contributed by atoms with van der Waals surface area (Å²) in [4.78, 5) is 67.6. The largest absolute Gasteiger partial charge is 0.489 e. The molecule has 0 amide bonds. The highest BCUT2D eigenvalue weighted by atomic mass is 16.6. The van der Waals surface area contributed by atoms with Crippen molar-refractivity contribution in [3.63, 3.8) is 0 Å². The van der Waals surface area contributed by atoms with E-state index in [2.05, 4.69) is 47.0 Å². The van der Waals surface area contributed by atoms with Gasteiger partial charge in [-0.2, -0.15) is 0 Å². The molecule has 478 valence electrons. The molecular weight excluding hydrogens is 1180 g/mol. The number of rotatable bonds is 37. The minimum atomic E-state index is -0.835. The smallest absolute Gasteiger partial charge is 0.292 e. The summed E-state index contributed by atoms with van der Waals surface area (Å²) in [6, 6.07) is 70.6. The van der Waals surface area contributed by atoms with Crippen LogP contribution in [0.5, 0.6) is 5.75 Å². The summed E-state index contributed by atoms with van der Waals surface area (Å²) in [5.41, 5.74) is 4.58. The molecule has 0 bridgehead atoms. The van der Waals surface area contributed by atoms with E-state index in [9.17, 15) is 50.6 Å². The van der Waals surface area contributed by atoms with Crippen molar-refractivity contribution in [1.29, 1.82) is 0 Å². The molecule has 0 unspecified atom stereocenters. The zero-order valence-electron chi connectivity index (χ0n) is 51.3. The standard InChI is InChI=1S/C71H73N11O11/c83-78(84)62-32-11-10-31-61(62)72-45-20-47-74(63-33-12-16-37-67(63)79(85)86)49-22-51-76(65-35-14-18-39-69(65)81(89)90)53-24-54-77(66-36-15-19-40-70(66)82(91)92)52-23-50-75(64-34-13-17-38-68(64)80(87)88)48-21-46-73-71(57-27-6-2-7-28-57,58-29-8-3-9-30-58)59-41-43-60(44-42-59)93-55-56-25-4-1-5-26-56/h1-19,25-44,72-73H,20-24,45-55H2. The molecule has 0 heterocycles. The van der Waals surface area contributed by atoms with E-state index in [0.717, 1.165) is 28.0 Å². The van der Waals surface area contributed by atoms with E-state index in [0.29, 0.717) is 113 Å². The summed E-state index contributed by atoms with van der Waals surface area (Å²) in [5, 5.41) is 69.2. The van der Waals surface area contributed by atoms with Gasteiger partial charge in [0.1, 0.15) is 40.8 Å². The van der Waals surface area contributed by atoms with Crippen molar-refractivity contribution in [3.05, 3.63) is 309 Å². The number of hydrogen-bond acceptors (Lipinski definition) is 17. The number of ether oxygens (including phenoxy) is 1. The molecule has 9 aromatic carbocycles. The average molecular weight is 1260 g/mol. The Balaban J connectivity index is 0.930. The molecule has 0 radical (unpaired) electrons. The number of anilines is 5. The number of benzene rings is 9. The van der Waals surface area contributed by atoms with Crippen LogP contribution in [-0.4, -0.2) is 90.1 Å². The van der Waals surface area contributed by atoms with Crippen LogP contribution in [-0.2, 0) is 12.1 Å². The summed E-state index contributed by atoms with van der Waals surface area (Å²) in [6.07, 6.45) is 2.15. The molecule has 0 aliphatic carbocycles. The van der Waals surface area contributed by atoms with Crippen LogP contribution in [0.2, 0.25) is 0 Å². The Hall–Kier alpha value is -11.3. The normalized spacial score (nSPS) is 11.1. The van der Waals surface area contributed by atoms with E-state index in [4.69, 9.17) is 4.74 Å². The minimum Gasteiger partial charge on any atom is -0.489 e. The van der Waals surface area contributed by atoms with Gasteiger partial charge in [-0.25, -0.2) is 0 Å². The Morgan fingerprint density at radius 3 is 1.00 bits per heavy atom. The average Bonchev–Trinajstić information content (AvgIpc) is 0.788. The molecule has 9 rings (SSSR count). The lowest BCUT2D eigenvalue weighted by Gasteiger charge is -2.37. The number of nitrogens with one attached hydrogen (secondary N) is 2. The van der Waals surface area contributed by atoms with Gasteiger partial charge in [0.2, 0.25) is 0 Å². The first-order chi connectivity index (χ1) is 45.3. The van der Waals surface area contributed by atoms with Crippen molar-refractivity contribution in [2.45, 2.75) is 44.2 Å². The summed E-state index contributed by atoms with van der Waals surface area (Å²) < 4.78 is 6.22. The van der Waals surface area contributed by atoms with E-state index in [1.807, 2.05) is 98.5 Å². The van der Waals surface area contributed by atoms with Gasteiger partial charge in [-0.3, -0.25) is 55.9 Å². The summed E-state index contributed by atoms with van der Waals surface area (Å²) >= 11 is 0. The first-order valence-corrected chi connectivity index (χ1v) is 30.9. The molecule has 0 saturated carbocycles. The third-order valence-corrected chi connectivity index (χ3v) is 16.2. The van der Waals surface area contributed by atoms with Gasteiger partial charge in [0.05, 0.1) is 30.2 Å². The minimum absolute atomic E-state index is 0.0629. The predicted molar refractivity (Wildman–Crippen MR) is 364 cm³/mol. The zero-order valence-corrected chi connectivity index (χ0v) is 51.3. The molecule has 0 aliphatic rings. The van der Waals surface area contributed by atoms with Gasteiger partial charge in [-0.05, 0) is 103 Å². The lowest BCUT2D eigenvalue weighted by atomic mass is 9.77. The fraction of sp³-hybridized carbons (Fsp3) is 0.239. The SMILES string of the molecule is O=[N+]([O-])c1ccccc1NCCCN(CCCN(CCCN(CCCN(CCCNC(c1ccccc1)(c1ccccc1)c1ccc(OCc2ccccc2)cc1)c1ccccc1[N+](=O)[O-])c1ccccc1[N+](=O)[O-])c1ccccc1[N+](=O)[O-])c1ccccc1[N+](=O)[O-]. The van der Waals surface area contributed by atoms with Crippen LogP contribution in [0.1, 0.15) is 54.4 Å². The molecule has 0 aromatic heterocycles. The van der Waals surface area contributed by atoms with Gasteiger partial charge >= 0.3 is 0 Å². The fourth-order valence-electron chi connectivity index (χ4n) is 11.9. The Kier molecular flexibility index (Phi) is 23.5. The van der Waals surface area contributed by atoms with E-state index < -0.39 is 30.2 Å². The van der Waals surface area contributed by atoms with Crippen LogP contribution < -0.4 is 35.0 Å². The van der Waals surface area contributed by atoms with Crippen molar-refractivity contribution in [1.82, 2.24) is 5.32 Å². The summed E-state index contributed by atoms with van der Waals surface area (Å²) in [7, 11) is 0. The van der Waals surface area contributed by atoms with Crippen molar-refractivity contribution >= 4 is 56.9 Å². The van der Waals surface area contributed by atoms with Crippen molar-refractivity contribution in [2.75, 3.05) is 90.4 Å². The molecule has 0 aliphatic heterocycles. The Bertz CT molecular complexity index is 3890. The van der Waals surface area contributed by atoms with Crippen LogP contribution in [0.4, 0.5) is 56.9 Å². The van der Waals surface area contributed by atoms with Gasteiger partial charge in [0.25, 0.3) is 28.4 Å². The zero-order chi connectivity index (χ0) is 65.4. The number of nitro benzene ring substituents is 5. The molecule has 93 heavy (non-hydrogen) atoms. The lowest BCUT2D eigenvalue weighted by molar-refractivity contribution is -0.384. The first kappa shape index (κ1) is 66.2. The number of para-hydroxylation sites is 10. The third-order valence-electron chi connectivity index (χ3n) is 16.2. The Morgan fingerprint density at radius 1 is 0.323 bits per heavy atom. The van der Waals surface area contributed by atoms with Gasteiger partial charge in [-0.15, -0.1) is 0 Å².